The molecule has 146 valence electrons. The number of carbonyl (C=O) groups is 1. The van der Waals surface area contributed by atoms with Crippen molar-refractivity contribution >= 4 is 31.9 Å². The fourth-order valence-corrected chi connectivity index (χ4v) is 4.02. The fraction of sp³-hybridized carbons (Fsp3) is 0.316. The van der Waals surface area contributed by atoms with Crippen molar-refractivity contribution in [1.82, 2.24) is 10.0 Å². The van der Waals surface area contributed by atoms with Gasteiger partial charge in [-0.2, -0.15) is 0 Å². The number of halogens is 1. The van der Waals surface area contributed by atoms with Crippen LogP contribution in [0.25, 0.3) is 0 Å². The second-order valence-corrected chi connectivity index (χ2v) is 8.65. The zero-order valence-corrected chi connectivity index (χ0v) is 17.7. The van der Waals surface area contributed by atoms with Crippen molar-refractivity contribution in [1.29, 1.82) is 0 Å². The van der Waals surface area contributed by atoms with Crippen LogP contribution in [-0.2, 0) is 21.2 Å². The van der Waals surface area contributed by atoms with E-state index in [4.69, 9.17) is 4.74 Å². The summed E-state index contributed by atoms with van der Waals surface area (Å²) in [4.78, 5) is 12.1. The fourth-order valence-electron chi connectivity index (χ4n) is 2.40. The minimum Gasteiger partial charge on any atom is -0.496 e. The molecular weight excluding hydrogens is 432 g/mol. The van der Waals surface area contributed by atoms with Crippen molar-refractivity contribution < 1.29 is 17.9 Å². The van der Waals surface area contributed by atoms with E-state index >= 15 is 0 Å². The van der Waals surface area contributed by atoms with Gasteiger partial charge in [0, 0.05) is 19.5 Å². The van der Waals surface area contributed by atoms with E-state index in [1.807, 2.05) is 25.1 Å². The molecule has 2 rings (SSSR count). The molecule has 6 nitrogen and oxygen atoms in total. The molecule has 0 saturated heterocycles. The largest absolute Gasteiger partial charge is 0.496 e. The zero-order valence-electron chi connectivity index (χ0n) is 15.3. The van der Waals surface area contributed by atoms with Crippen LogP contribution in [0.5, 0.6) is 5.75 Å². The van der Waals surface area contributed by atoms with Crippen LogP contribution < -0.4 is 14.8 Å². The zero-order chi connectivity index (χ0) is 19.9. The van der Waals surface area contributed by atoms with Gasteiger partial charge in [-0.15, -0.1) is 0 Å². The standard InChI is InChI=1S/C19H23BrN2O4S/c1-14-3-7-16(8-4-14)27(24,25)22-12-11-21-19(23)10-6-15-5-9-18(26-2)17(20)13-15/h3-5,7-9,13,22H,6,10-12H2,1-2H3,(H,21,23). The molecule has 0 fully saturated rings. The van der Waals surface area contributed by atoms with Crippen molar-refractivity contribution in [3.8, 4) is 5.75 Å². The maximum Gasteiger partial charge on any atom is 0.240 e. The molecule has 27 heavy (non-hydrogen) atoms. The topological polar surface area (TPSA) is 84.5 Å². The Morgan fingerprint density at radius 2 is 1.81 bits per heavy atom. The van der Waals surface area contributed by atoms with Crippen LogP contribution >= 0.6 is 15.9 Å². The number of hydrogen-bond acceptors (Lipinski definition) is 4. The van der Waals surface area contributed by atoms with Crippen LogP contribution in [0.4, 0.5) is 0 Å². The maximum atomic E-state index is 12.1. The van der Waals surface area contributed by atoms with Gasteiger partial charge in [-0.25, -0.2) is 13.1 Å². The van der Waals surface area contributed by atoms with Crippen LogP contribution in [0.2, 0.25) is 0 Å². The normalized spacial score (nSPS) is 11.2. The molecule has 0 heterocycles. The SMILES string of the molecule is COc1ccc(CCC(=O)NCCNS(=O)(=O)c2ccc(C)cc2)cc1Br. The minimum atomic E-state index is -3.56. The summed E-state index contributed by atoms with van der Waals surface area (Å²) in [5.74, 6) is 0.612. The highest BCUT2D eigenvalue weighted by molar-refractivity contribution is 9.10. The molecule has 0 bridgehead atoms. The van der Waals surface area contributed by atoms with Crippen LogP contribution in [-0.4, -0.2) is 34.5 Å². The lowest BCUT2D eigenvalue weighted by Gasteiger charge is -2.09. The van der Waals surface area contributed by atoms with Gasteiger partial charge in [0.05, 0.1) is 16.5 Å². The summed E-state index contributed by atoms with van der Waals surface area (Å²) in [5, 5.41) is 2.72. The van der Waals surface area contributed by atoms with Gasteiger partial charge < -0.3 is 10.1 Å². The number of amides is 1. The lowest BCUT2D eigenvalue weighted by Crippen LogP contribution is -2.34. The number of aryl methyl sites for hydroxylation is 2. The van der Waals surface area contributed by atoms with Crippen LogP contribution in [0.1, 0.15) is 17.5 Å². The molecule has 0 aromatic heterocycles. The number of nitrogens with one attached hydrogen (secondary N) is 2. The third-order valence-electron chi connectivity index (χ3n) is 3.93. The smallest absolute Gasteiger partial charge is 0.240 e. The van der Waals surface area contributed by atoms with Crippen molar-refractivity contribution in [2.24, 2.45) is 0 Å². The van der Waals surface area contributed by atoms with Gasteiger partial charge in [0.15, 0.2) is 0 Å². The monoisotopic (exact) mass is 454 g/mol. The predicted octanol–water partition coefficient (Wildman–Crippen LogP) is 2.79. The summed E-state index contributed by atoms with van der Waals surface area (Å²) in [5.41, 5.74) is 2.00. The first-order valence-corrected chi connectivity index (χ1v) is 10.7. The van der Waals surface area contributed by atoms with Crippen LogP contribution in [0.15, 0.2) is 51.8 Å². The molecule has 1 amide bonds. The first kappa shape index (κ1) is 21.4. The Morgan fingerprint density at radius 1 is 1.11 bits per heavy atom. The molecule has 8 heteroatoms. The quantitative estimate of drug-likeness (QED) is 0.570. The highest BCUT2D eigenvalue weighted by Crippen LogP contribution is 2.25. The molecule has 0 aliphatic heterocycles. The first-order valence-electron chi connectivity index (χ1n) is 8.47. The molecule has 2 aromatic rings. The van der Waals surface area contributed by atoms with Crippen molar-refractivity contribution in [2.75, 3.05) is 20.2 Å². The van der Waals surface area contributed by atoms with E-state index in [0.29, 0.717) is 12.8 Å². The van der Waals surface area contributed by atoms with Gasteiger partial charge >= 0.3 is 0 Å². The molecule has 0 atom stereocenters. The highest BCUT2D eigenvalue weighted by Gasteiger charge is 2.13. The predicted molar refractivity (Wildman–Crippen MR) is 108 cm³/mol. The first-order chi connectivity index (χ1) is 12.8. The number of ether oxygens (including phenoxy) is 1. The highest BCUT2D eigenvalue weighted by atomic mass is 79.9. The number of benzene rings is 2. The summed E-state index contributed by atoms with van der Waals surface area (Å²) in [7, 11) is -1.96. The summed E-state index contributed by atoms with van der Waals surface area (Å²) in [6.07, 6.45) is 0.910. The molecule has 0 saturated carbocycles. The van der Waals surface area contributed by atoms with Crippen molar-refractivity contribution in [3.63, 3.8) is 0 Å². The second-order valence-electron chi connectivity index (χ2n) is 6.03. The van der Waals surface area contributed by atoms with Gasteiger partial charge in [0.25, 0.3) is 0 Å². The summed E-state index contributed by atoms with van der Waals surface area (Å²) >= 11 is 3.42. The molecule has 0 aliphatic carbocycles. The van der Waals surface area contributed by atoms with E-state index in [-0.39, 0.29) is 23.9 Å². The van der Waals surface area contributed by atoms with Crippen molar-refractivity contribution in [2.45, 2.75) is 24.7 Å². The Balaban J connectivity index is 1.73. The number of rotatable bonds is 9. The Kier molecular flexibility index (Phi) is 7.82. The van der Waals surface area contributed by atoms with E-state index in [9.17, 15) is 13.2 Å². The van der Waals surface area contributed by atoms with E-state index < -0.39 is 10.0 Å². The second kappa shape index (κ2) is 9.87. The molecule has 2 N–H and O–H groups in total. The van der Waals surface area contributed by atoms with Gasteiger partial charge in [-0.1, -0.05) is 23.8 Å². The molecular formula is C19H23BrN2O4S. The molecule has 0 unspecified atom stereocenters. The minimum absolute atomic E-state index is 0.128. The number of methoxy groups -OCH3 is 1. The van der Waals surface area contributed by atoms with Gasteiger partial charge in [-0.3, -0.25) is 4.79 Å². The Morgan fingerprint density at radius 3 is 2.44 bits per heavy atom. The Bertz CT molecular complexity index is 883. The number of sulfonamides is 1. The third kappa shape index (κ3) is 6.64. The van der Waals surface area contributed by atoms with E-state index in [1.165, 1.54) is 0 Å². The average molecular weight is 455 g/mol. The molecule has 0 aliphatic rings. The lowest BCUT2D eigenvalue weighted by molar-refractivity contribution is -0.121. The summed E-state index contributed by atoms with van der Waals surface area (Å²) < 4.78 is 32.8. The summed E-state index contributed by atoms with van der Waals surface area (Å²) in [6, 6.07) is 12.3. The van der Waals surface area contributed by atoms with E-state index in [1.54, 1.807) is 31.4 Å². The Labute approximate surface area is 168 Å². The number of carbonyl (C=O) groups excluding carboxylic acids is 1. The lowest BCUT2D eigenvalue weighted by atomic mass is 10.1. The van der Waals surface area contributed by atoms with Gasteiger partial charge in [0.2, 0.25) is 15.9 Å². The molecule has 2 aromatic carbocycles. The van der Waals surface area contributed by atoms with Gasteiger partial charge in [0.1, 0.15) is 5.75 Å². The van der Waals surface area contributed by atoms with E-state index in [2.05, 4.69) is 26.0 Å². The molecule has 0 spiro atoms. The van der Waals surface area contributed by atoms with Crippen LogP contribution in [0, 0.1) is 6.92 Å². The molecule has 0 radical (unpaired) electrons. The Hall–Kier alpha value is -1.90. The summed E-state index contributed by atoms with van der Waals surface area (Å²) in [6.45, 7) is 2.26. The van der Waals surface area contributed by atoms with Gasteiger partial charge in [-0.05, 0) is 59.1 Å². The van der Waals surface area contributed by atoms with Crippen molar-refractivity contribution in [3.05, 3.63) is 58.1 Å². The average Bonchev–Trinajstić information content (AvgIpc) is 2.64. The van der Waals surface area contributed by atoms with Crippen LogP contribution in [0.3, 0.4) is 0 Å². The van der Waals surface area contributed by atoms with E-state index in [0.717, 1.165) is 21.3 Å². The third-order valence-corrected chi connectivity index (χ3v) is 6.02. The maximum absolute atomic E-state index is 12.1. The number of hydrogen-bond donors (Lipinski definition) is 2.